The van der Waals surface area contributed by atoms with Crippen LogP contribution >= 0.6 is 0 Å². The van der Waals surface area contributed by atoms with Crippen LogP contribution in [0, 0.1) is 0 Å². The molecular weight excluding hydrogens is 434 g/mol. The molecule has 0 aliphatic carbocycles. The number of anilines is 1. The van der Waals surface area contributed by atoms with Crippen molar-refractivity contribution in [3.8, 4) is 11.5 Å². The maximum absolute atomic E-state index is 13.3. The highest BCUT2D eigenvalue weighted by molar-refractivity contribution is 6.23. The number of piperazine rings is 1. The Bertz CT molecular complexity index is 1070. The molecule has 0 saturated carbocycles. The summed E-state index contributed by atoms with van der Waals surface area (Å²) in [5, 5.41) is 10.5. The SMILES string of the molecule is CCOc1cccc(CN2CCN(c3cccc4c3C(=O)N(CC3CCCO3)C4=O)CC2)c1O. The zero-order chi connectivity index (χ0) is 23.7. The van der Waals surface area contributed by atoms with Gasteiger partial charge in [0, 0.05) is 44.9 Å². The molecule has 180 valence electrons. The second-order valence-electron chi connectivity index (χ2n) is 9.02. The van der Waals surface area contributed by atoms with Crippen LogP contribution in [-0.2, 0) is 11.3 Å². The van der Waals surface area contributed by atoms with Crippen molar-refractivity contribution in [3.05, 3.63) is 53.1 Å². The highest BCUT2D eigenvalue weighted by Crippen LogP contribution is 2.34. The number of phenols is 1. The Morgan fingerprint density at radius 3 is 2.59 bits per heavy atom. The number of fused-ring (bicyclic) bond motifs is 1. The third kappa shape index (κ3) is 4.23. The van der Waals surface area contributed by atoms with E-state index in [2.05, 4.69) is 9.80 Å². The molecule has 0 radical (unpaired) electrons. The molecule has 3 aliphatic rings. The van der Waals surface area contributed by atoms with Gasteiger partial charge in [-0.25, -0.2) is 0 Å². The lowest BCUT2D eigenvalue weighted by Gasteiger charge is -2.36. The first-order valence-corrected chi connectivity index (χ1v) is 12.1. The van der Waals surface area contributed by atoms with Crippen molar-refractivity contribution in [2.75, 3.05) is 50.8 Å². The van der Waals surface area contributed by atoms with Crippen molar-refractivity contribution in [2.45, 2.75) is 32.4 Å². The molecule has 1 atom stereocenters. The summed E-state index contributed by atoms with van der Waals surface area (Å²) in [7, 11) is 0. The van der Waals surface area contributed by atoms with E-state index in [4.69, 9.17) is 9.47 Å². The predicted octanol–water partition coefficient (Wildman–Crippen LogP) is 2.89. The molecule has 34 heavy (non-hydrogen) atoms. The average molecular weight is 466 g/mol. The predicted molar refractivity (Wildman–Crippen MR) is 128 cm³/mol. The van der Waals surface area contributed by atoms with Crippen LogP contribution < -0.4 is 9.64 Å². The lowest BCUT2D eigenvalue weighted by molar-refractivity contribution is 0.0475. The van der Waals surface area contributed by atoms with Gasteiger partial charge in [0.15, 0.2) is 11.5 Å². The molecule has 2 amide bonds. The number of hydrogen-bond acceptors (Lipinski definition) is 7. The fraction of sp³-hybridized carbons (Fsp3) is 0.462. The largest absolute Gasteiger partial charge is 0.504 e. The van der Waals surface area contributed by atoms with Gasteiger partial charge in [-0.15, -0.1) is 0 Å². The maximum atomic E-state index is 13.3. The van der Waals surface area contributed by atoms with Gasteiger partial charge in [-0.1, -0.05) is 18.2 Å². The van der Waals surface area contributed by atoms with Crippen molar-refractivity contribution in [1.29, 1.82) is 0 Å². The van der Waals surface area contributed by atoms with Gasteiger partial charge >= 0.3 is 0 Å². The Balaban J connectivity index is 1.27. The van der Waals surface area contributed by atoms with Crippen LogP contribution in [0.1, 0.15) is 46.0 Å². The van der Waals surface area contributed by atoms with Gasteiger partial charge in [-0.2, -0.15) is 0 Å². The number of ether oxygens (including phenoxy) is 2. The van der Waals surface area contributed by atoms with E-state index in [1.165, 1.54) is 4.90 Å². The summed E-state index contributed by atoms with van der Waals surface area (Å²) >= 11 is 0. The Labute approximate surface area is 199 Å². The average Bonchev–Trinajstić information content (AvgIpc) is 3.45. The van der Waals surface area contributed by atoms with Crippen LogP contribution in [0.4, 0.5) is 5.69 Å². The number of carbonyl (C=O) groups is 2. The van der Waals surface area contributed by atoms with Gasteiger partial charge in [0.25, 0.3) is 11.8 Å². The molecule has 0 bridgehead atoms. The number of aromatic hydroxyl groups is 1. The Kier molecular flexibility index (Phi) is 6.43. The van der Waals surface area contributed by atoms with Crippen molar-refractivity contribution < 1.29 is 24.2 Å². The molecule has 8 heteroatoms. The van der Waals surface area contributed by atoms with E-state index in [9.17, 15) is 14.7 Å². The molecule has 2 fully saturated rings. The van der Waals surface area contributed by atoms with Crippen molar-refractivity contribution in [3.63, 3.8) is 0 Å². The second kappa shape index (κ2) is 9.64. The number of hydrogen-bond donors (Lipinski definition) is 1. The third-order valence-electron chi connectivity index (χ3n) is 6.88. The smallest absolute Gasteiger partial charge is 0.263 e. The molecule has 5 rings (SSSR count). The Morgan fingerprint density at radius 1 is 1.06 bits per heavy atom. The van der Waals surface area contributed by atoms with E-state index >= 15 is 0 Å². The number of nitrogens with zero attached hydrogens (tertiary/aromatic N) is 3. The molecule has 2 saturated heterocycles. The molecule has 3 heterocycles. The fourth-order valence-electron chi connectivity index (χ4n) is 5.09. The molecule has 2 aromatic rings. The minimum atomic E-state index is -0.222. The normalized spacial score (nSPS) is 20.8. The molecule has 1 unspecified atom stereocenters. The first kappa shape index (κ1) is 22.7. The first-order chi connectivity index (χ1) is 16.6. The first-order valence-electron chi connectivity index (χ1n) is 12.1. The number of carbonyl (C=O) groups excluding carboxylic acids is 2. The molecule has 1 N–H and O–H groups in total. The maximum Gasteiger partial charge on any atom is 0.263 e. The van der Waals surface area contributed by atoms with E-state index in [0.29, 0.717) is 43.2 Å². The molecular formula is C26H31N3O5. The van der Waals surface area contributed by atoms with Gasteiger partial charge in [0.05, 0.1) is 36.1 Å². The Hall–Kier alpha value is -3.10. The molecule has 3 aliphatic heterocycles. The van der Waals surface area contributed by atoms with Gasteiger partial charge in [0.2, 0.25) is 0 Å². The van der Waals surface area contributed by atoms with Crippen molar-refractivity contribution in [2.24, 2.45) is 0 Å². The fourth-order valence-corrected chi connectivity index (χ4v) is 5.09. The third-order valence-corrected chi connectivity index (χ3v) is 6.88. The van der Waals surface area contributed by atoms with Crippen LogP contribution in [0.3, 0.4) is 0 Å². The van der Waals surface area contributed by atoms with E-state index in [-0.39, 0.29) is 23.7 Å². The van der Waals surface area contributed by atoms with Crippen LogP contribution in [0.5, 0.6) is 11.5 Å². The van der Waals surface area contributed by atoms with Crippen molar-refractivity contribution in [1.82, 2.24) is 9.80 Å². The highest BCUT2D eigenvalue weighted by atomic mass is 16.5. The topological polar surface area (TPSA) is 82.5 Å². The van der Waals surface area contributed by atoms with Gasteiger partial charge < -0.3 is 19.5 Å². The quantitative estimate of drug-likeness (QED) is 0.630. The molecule has 2 aromatic carbocycles. The molecule has 8 nitrogen and oxygen atoms in total. The van der Waals surface area contributed by atoms with Gasteiger partial charge in [-0.3, -0.25) is 19.4 Å². The summed E-state index contributed by atoms with van der Waals surface area (Å²) in [6.45, 7) is 7.06. The zero-order valence-electron chi connectivity index (χ0n) is 19.5. The van der Waals surface area contributed by atoms with Gasteiger partial charge in [0.1, 0.15) is 0 Å². The zero-order valence-corrected chi connectivity index (χ0v) is 19.5. The number of imide groups is 1. The lowest BCUT2D eigenvalue weighted by Crippen LogP contribution is -2.46. The van der Waals surface area contributed by atoms with Crippen LogP contribution in [0.2, 0.25) is 0 Å². The Morgan fingerprint density at radius 2 is 1.85 bits per heavy atom. The summed E-state index contributed by atoms with van der Waals surface area (Å²) in [5.41, 5.74) is 2.67. The summed E-state index contributed by atoms with van der Waals surface area (Å²) in [5.74, 6) is 0.268. The molecule has 0 spiro atoms. The second-order valence-corrected chi connectivity index (χ2v) is 9.02. The lowest BCUT2D eigenvalue weighted by atomic mass is 10.1. The van der Waals surface area contributed by atoms with Gasteiger partial charge in [-0.05, 0) is 38.0 Å². The number of phenolic OH excluding ortho intramolecular Hbond substituents is 1. The van der Waals surface area contributed by atoms with E-state index < -0.39 is 0 Å². The number of amides is 2. The summed E-state index contributed by atoms with van der Waals surface area (Å²) in [4.78, 5) is 32.1. The van der Waals surface area contributed by atoms with Crippen LogP contribution in [-0.4, -0.2) is 78.8 Å². The summed E-state index contributed by atoms with van der Waals surface area (Å²) < 4.78 is 11.2. The number of benzene rings is 2. The summed E-state index contributed by atoms with van der Waals surface area (Å²) in [6.07, 6.45) is 1.79. The van der Waals surface area contributed by atoms with E-state index in [1.807, 2.05) is 31.2 Å². The standard InChI is InChI=1S/C26H31N3O5/c1-2-33-22-10-3-6-18(24(22)30)16-27-11-13-28(14-12-27)21-9-4-8-20-23(21)26(32)29(25(20)31)17-19-7-5-15-34-19/h3-4,6,8-10,19,30H,2,5,7,11-17H2,1H3. The minimum absolute atomic E-state index is 0.0631. The number of para-hydroxylation sites is 1. The number of rotatable bonds is 7. The van der Waals surface area contributed by atoms with Crippen LogP contribution in [0.25, 0.3) is 0 Å². The van der Waals surface area contributed by atoms with E-state index in [1.54, 1.807) is 12.1 Å². The van der Waals surface area contributed by atoms with E-state index in [0.717, 1.165) is 50.3 Å². The highest BCUT2D eigenvalue weighted by Gasteiger charge is 2.40. The van der Waals surface area contributed by atoms with Crippen LogP contribution in [0.15, 0.2) is 36.4 Å². The summed E-state index contributed by atoms with van der Waals surface area (Å²) in [6, 6.07) is 11.1. The monoisotopic (exact) mass is 465 g/mol. The van der Waals surface area contributed by atoms with Crippen molar-refractivity contribution >= 4 is 17.5 Å². The molecule has 0 aromatic heterocycles. The minimum Gasteiger partial charge on any atom is -0.504 e.